The number of fused-ring (bicyclic) bond motifs is 1. The summed E-state index contributed by atoms with van der Waals surface area (Å²) in [4.78, 5) is 31.2. The molecule has 2 aromatic rings. The first-order valence-corrected chi connectivity index (χ1v) is 8.45. The maximum absolute atomic E-state index is 12.5. The summed E-state index contributed by atoms with van der Waals surface area (Å²) in [7, 11) is 1.78. The number of nitrogens with one attached hydrogen (secondary N) is 2. The Balaban J connectivity index is 1.84. The maximum atomic E-state index is 12.5. The van der Waals surface area contributed by atoms with Crippen molar-refractivity contribution in [1.82, 2.24) is 25.0 Å². The lowest BCUT2D eigenvalue weighted by molar-refractivity contribution is -0.133. The summed E-state index contributed by atoms with van der Waals surface area (Å²) in [5, 5.41) is 6.67. The Morgan fingerprint density at radius 2 is 2.12 bits per heavy atom. The Labute approximate surface area is 141 Å². The molecule has 1 saturated heterocycles. The molecule has 1 fully saturated rings. The molecule has 0 aromatic carbocycles. The molecular formula is C17H25N5O2. The number of aryl methyl sites for hydroxylation is 3. The zero-order chi connectivity index (χ0) is 17.4. The van der Waals surface area contributed by atoms with Gasteiger partial charge in [-0.3, -0.25) is 19.4 Å². The van der Waals surface area contributed by atoms with Gasteiger partial charge < -0.3 is 10.2 Å². The maximum Gasteiger partial charge on any atom is 0.273 e. The first kappa shape index (κ1) is 16.7. The zero-order valence-electron chi connectivity index (χ0n) is 14.8. The van der Waals surface area contributed by atoms with Gasteiger partial charge >= 0.3 is 0 Å². The highest BCUT2D eigenvalue weighted by Gasteiger charge is 2.23. The van der Waals surface area contributed by atoms with E-state index in [2.05, 4.69) is 22.3 Å². The van der Waals surface area contributed by atoms with E-state index in [0.717, 1.165) is 36.5 Å². The van der Waals surface area contributed by atoms with Gasteiger partial charge in [0.2, 0.25) is 5.91 Å². The average Bonchev–Trinajstić information content (AvgIpc) is 2.81. The van der Waals surface area contributed by atoms with Gasteiger partial charge in [0.25, 0.3) is 5.56 Å². The summed E-state index contributed by atoms with van der Waals surface area (Å²) in [6, 6.07) is 0.228. The molecule has 130 valence electrons. The van der Waals surface area contributed by atoms with Gasteiger partial charge in [-0.2, -0.15) is 0 Å². The number of hydrogen-bond donors (Lipinski definition) is 2. The van der Waals surface area contributed by atoms with Gasteiger partial charge in [-0.15, -0.1) is 0 Å². The minimum atomic E-state index is -0.124. The van der Waals surface area contributed by atoms with Gasteiger partial charge in [0, 0.05) is 44.8 Å². The molecule has 1 aliphatic heterocycles. The van der Waals surface area contributed by atoms with Crippen molar-refractivity contribution in [3.8, 4) is 0 Å². The molecule has 24 heavy (non-hydrogen) atoms. The Morgan fingerprint density at radius 3 is 2.83 bits per heavy atom. The molecule has 2 aromatic heterocycles. The topological polar surface area (TPSA) is 83.0 Å². The predicted molar refractivity (Wildman–Crippen MR) is 93.2 cm³/mol. The largest absolute Gasteiger partial charge is 0.337 e. The van der Waals surface area contributed by atoms with Crippen molar-refractivity contribution < 1.29 is 4.79 Å². The van der Waals surface area contributed by atoms with Crippen LogP contribution in [0, 0.1) is 13.8 Å². The van der Waals surface area contributed by atoms with Crippen molar-refractivity contribution in [3.05, 3.63) is 27.2 Å². The van der Waals surface area contributed by atoms with Crippen molar-refractivity contribution in [2.75, 3.05) is 19.6 Å². The molecule has 1 atom stereocenters. The van der Waals surface area contributed by atoms with Crippen molar-refractivity contribution >= 4 is 16.9 Å². The molecule has 0 unspecified atom stereocenters. The molecule has 3 heterocycles. The number of pyridine rings is 1. The van der Waals surface area contributed by atoms with Crippen LogP contribution < -0.4 is 10.9 Å². The van der Waals surface area contributed by atoms with Crippen LogP contribution in [0.25, 0.3) is 11.0 Å². The van der Waals surface area contributed by atoms with E-state index in [0.29, 0.717) is 23.9 Å². The number of rotatable bonds is 3. The first-order chi connectivity index (χ1) is 11.4. The van der Waals surface area contributed by atoms with Crippen LogP contribution in [-0.2, 0) is 18.3 Å². The van der Waals surface area contributed by atoms with E-state index < -0.39 is 0 Å². The third-order valence-electron chi connectivity index (χ3n) is 4.99. The zero-order valence-corrected chi connectivity index (χ0v) is 14.8. The molecular weight excluding hydrogens is 306 g/mol. The first-order valence-electron chi connectivity index (χ1n) is 8.45. The number of hydrogen-bond acceptors (Lipinski definition) is 4. The van der Waals surface area contributed by atoms with Gasteiger partial charge in [-0.1, -0.05) is 0 Å². The number of carbonyl (C=O) groups is 1. The fourth-order valence-electron chi connectivity index (χ4n) is 3.60. The molecule has 0 aliphatic carbocycles. The number of amides is 1. The third-order valence-corrected chi connectivity index (χ3v) is 4.99. The molecule has 7 nitrogen and oxygen atoms in total. The number of aromatic nitrogens is 3. The fourth-order valence-corrected chi connectivity index (χ4v) is 3.60. The highest BCUT2D eigenvalue weighted by Crippen LogP contribution is 2.21. The van der Waals surface area contributed by atoms with Gasteiger partial charge in [0.1, 0.15) is 0 Å². The second kappa shape index (κ2) is 6.39. The van der Waals surface area contributed by atoms with E-state index in [1.165, 1.54) is 0 Å². The summed E-state index contributed by atoms with van der Waals surface area (Å²) in [6.45, 7) is 8.40. The van der Waals surface area contributed by atoms with E-state index in [4.69, 9.17) is 0 Å². The van der Waals surface area contributed by atoms with Crippen LogP contribution in [0.5, 0.6) is 0 Å². The molecule has 0 spiro atoms. The highest BCUT2D eigenvalue weighted by molar-refractivity contribution is 5.81. The Morgan fingerprint density at radius 1 is 1.38 bits per heavy atom. The molecule has 1 aliphatic rings. The lowest BCUT2D eigenvalue weighted by atomic mass is 9.99. The van der Waals surface area contributed by atoms with Crippen molar-refractivity contribution in [2.24, 2.45) is 7.05 Å². The average molecular weight is 331 g/mol. The number of piperazine rings is 1. The van der Waals surface area contributed by atoms with E-state index in [-0.39, 0.29) is 17.5 Å². The monoisotopic (exact) mass is 331 g/mol. The number of carbonyl (C=O) groups excluding carboxylic acids is 1. The second-order valence-electron chi connectivity index (χ2n) is 6.64. The van der Waals surface area contributed by atoms with Crippen LogP contribution in [0.4, 0.5) is 0 Å². The standard InChI is InChI=1S/C17H25N5O2/c1-10-9-18-7-8-22(10)14(23)6-5-13-11(2)15-16(19-12(13)3)21(4)20-17(15)24/h10,18H,5-9H2,1-4H3,(H,20,24)/t10-/m0/s1. The fraction of sp³-hybridized carbons (Fsp3) is 0.588. The van der Waals surface area contributed by atoms with Gasteiger partial charge in [0.05, 0.1) is 5.39 Å². The normalized spacial score (nSPS) is 18.3. The molecule has 0 saturated carbocycles. The van der Waals surface area contributed by atoms with Crippen LogP contribution in [0.1, 0.15) is 30.2 Å². The summed E-state index contributed by atoms with van der Waals surface area (Å²) < 4.78 is 1.65. The minimum absolute atomic E-state index is 0.124. The Hall–Kier alpha value is -2.15. The Bertz CT molecular complexity index is 836. The number of aromatic amines is 1. The van der Waals surface area contributed by atoms with E-state index >= 15 is 0 Å². The quantitative estimate of drug-likeness (QED) is 0.864. The smallest absolute Gasteiger partial charge is 0.273 e. The molecule has 7 heteroatoms. The van der Waals surface area contributed by atoms with Crippen LogP contribution in [-0.4, -0.2) is 51.2 Å². The van der Waals surface area contributed by atoms with Crippen molar-refractivity contribution in [1.29, 1.82) is 0 Å². The molecule has 1 amide bonds. The molecule has 0 bridgehead atoms. The van der Waals surface area contributed by atoms with Crippen LogP contribution >= 0.6 is 0 Å². The summed E-state index contributed by atoms with van der Waals surface area (Å²) in [5.41, 5.74) is 3.37. The van der Waals surface area contributed by atoms with Crippen LogP contribution in [0.3, 0.4) is 0 Å². The molecule has 2 N–H and O–H groups in total. The lowest BCUT2D eigenvalue weighted by Crippen LogP contribution is -2.52. The van der Waals surface area contributed by atoms with E-state index in [9.17, 15) is 9.59 Å². The third kappa shape index (κ3) is 2.84. The highest BCUT2D eigenvalue weighted by atomic mass is 16.2. The minimum Gasteiger partial charge on any atom is -0.337 e. The van der Waals surface area contributed by atoms with Gasteiger partial charge in [-0.25, -0.2) is 4.98 Å². The van der Waals surface area contributed by atoms with E-state index in [1.807, 2.05) is 18.7 Å². The SMILES string of the molecule is Cc1nc2c(c(C)c1CCC(=O)N1CCNC[C@@H]1C)c(=O)[nH]n2C. The van der Waals surface area contributed by atoms with Crippen molar-refractivity contribution in [3.63, 3.8) is 0 Å². The number of H-pyrrole nitrogens is 1. The van der Waals surface area contributed by atoms with Gasteiger partial charge in [0.15, 0.2) is 5.65 Å². The van der Waals surface area contributed by atoms with Crippen LogP contribution in [0.15, 0.2) is 4.79 Å². The lowest BCUT2D eigenvalue weighted by Gasteiger charge is -2.34. The molecule has 3 rings (SSSR count). The van der Waals surface area contributed by atoms with E-state index in [1.54, 1.807) is 11.7 Å². The van der Waals surface area contributed by atoms with Crippen molar-refractivity contribution in [2.45, 2.75) is 39.7 Å². The summed E-state index contributed by atoms with van der Waals surface area (Å²) in [5.74, 6) is 0.171. The molecule has 0 radical (unpaired) electrons. The summed E-state index contributed by atoms with van der Waals surface area (Å²) in [6.07, 6.45) is 1.06. The summed E-state index contributed by atoms with van der Waals surface area (Å²) >= 11 is 0. The van der Waals surface area contributed by atoms with Crippen LogP contribution in [0.2, 0.25) is 0 Å². The van der Waals surface area contributed by atoms with Gasteiger partial charge in [-0.05, 0) is 38.3 Å². The predicted octanol–water partition coefficient (Wildman–Crippen LogP) is 0.631. The number of nitrogens with zero attached hydrogens (tertiary/aromatic N) is 3. The second-order valence-corrected chi connectivity index (χ2v) is 6.64. The Kier molecular flexibility index (Phi) is 4.45.